The van der Waals surface area contributed by atoms with Crippen LogP contribution in [0.25, 0.3) is 0 Å². The Morgan fingerprint density at radius 1 is 1.12 bits per heavy atom. The summed E-state index contributed by atoms with van der Waals surface area (Å²) in [4.78, 5) is 27.5. The first-order valence-electron chi connectivity index (χ1n) is 11.0. The van der Waals surface area contributed by atoms with Gasteiger partial charge in [-0.1, -0.05) is 43.2 Å². The van der Waals surface area contributed by atoms with Crippen molar-refractivity contribution >= 4 is 17.5 Å². The van der Waals surface area contributed by atoms with Crippen LogP contribution in [0.3, 0.4) is 0 Å². The van der Waals surface area contributed by atoms with Crippen LogP contribution in [0.15, 0.2) is 53.6 Å². The number of amides is 2. The predicted octanol–water partition coefficient (Wildman–Crippen LogP) is 4.16. The minimum absolute atomic E-state index is 0.00115. The Hall–Kier alpha value is -3.22. The minimum atomic E-state index is -0.377. The molecule has 1 atom stereocenters. The van der Waals surface area contributed by atoms with E-state index in [2.05, 4.69) is 5.10 Å². The standard InChI is InChI=1S/C25H28FN3O3/c1-28(25(31)18-7-3-4-8-18)16-24(30)29-23(17-11-13-19(32-2)14-12-17)15-22(27-29)20-9-5-6-10-21(20)26/h5-6,9-14,18,23H,3-4,7-8,15-16H2,1-2H3/t23-/m1/s1. The molecule has 1 fully saturated rings. The molecular formula is C25H28FN3O3. The van der Waals surface area contributed by atoms with Crippen LogP contribution in [-0.4, -0.2) is 48.1 Å². The monoisotopic (exact) mass is 437 g/mol. The highest BCUT2D eigenvalue weighted by molar-refractivity contribution is 6.03. The first kappa shape index (κ1) is 22.0. The summed E-state index contributed by atoms with van der Waals surface area (Å²) in [6.07, 6.45) is 4.26. The third kappa shape index (κ3) is 4.52. The number of rotatable bonds is 6. The summed E-state index contributed by atoms with van der Waals surface area (Å²) in [5.41, 5.74) is 1.78. The molecule has 2 aliphatic rings. The van der Waals surface area contributed by atoms with Crippen molar-refractivity contribution in [1.82, 2.24) is 9.91 Å². The van der Waals surface area contributed by atoms with Crippen molar-refractivity contribution in [2.75, 3.05) is 20.7 Å². The maximum Gasteiger partial charge on any atom is 0.262 e. The van der Waals surface area contributed by atoms with Crippen molar-refractivity contribution < 1.29 is 18.7 Å². The lowest BCUT2D eigenvalue weighted by Gasteiger charge is -2.26. The molecule has 7 heteroatoms. The predicted molar refractivity (Wildman–Crippen MR) is 120 cm³/mol. The quantitative estimate of drug-likeness (QED) is 0.682. The normalized spacial score (nSPS) is 18.5. The second kappa shape index (κ2) is 9.51. The van der Waals surface area contributed by atoms with Gasteiger partial charge in [-0.2, -0.15) is 5.10 Å². The third-order valence-corrected chi connectivity index (χ3v) is 6.30. The van der Waals surface area contributed by atoms with Crippen LogP contribution in [0.1, 0.15) is 49.3 Å². The van der Waals surface area contributed by atoms with Crippen molar-refractivity contribution in [1.29, 1.82) is 0 Å². The lowest BCUT2D eigenvalue weighted by molar-refractivity contribution is -0.142. The molecule has 4 rings (SSSR count). The molecule has 2 aromatic rings. The fraction of sp³-hybridized carbons (Fsp3) is 0.400. The van der Waals surface area contributed by atoms with E-state index in [4.69, 9.17) is 4.74 Å². The van der Waals surface area contributed by atoms with E-state index < -0.39 is 0 Å². The number of hydrogen-bond donors (Lipinski definition) is 0. The number of hydrazone groups is 1. The SMILES string of the molecule is COc1ccc([C@H]2CC(c3ccccc3F)=NN2C(=O)CN(C)C(=O)C2CCCC2)cc1. The van der Waals surface area contributed by atoms with Crippen LogP contribution in [0, 0.1) is 11.7 Å². The third-order valence-electron chi connectivity index (χ3n) is 6.30. The molecule has 2 aromatic carbocycles. The molecular weight excluding hydrogens is 409 g/mol. The van der Waals surface area contributed by atoms with Gasteiger partial charge in [0.05, 0.1) is 18.9 Å². The van der Waals surface area contributed by atoms with E-state index in [1.165, 1.54) is 16.0 Å². The van der Waals surface area contributed by atoms with Gasteiger partial charge in [0, 0.05) is 24.9 Å². The molecule has 0 bridgehead atoms. The Labute approximate surface area is 187 Å². The topological polar surface area (TPSA) is 62.2 Å². The van der Waals surface area contributed by atoms with E-state index in [0.717, 1.165) is 31.2 Å². The molecule has 0 spiro atoms. The van der Waals surface area contributed by atoms with Gasteiger partial charge in [-0.15, -0.1) is 0 Å². The van der Waals surface area contributed by atoms with E-state index >= 15 is 0 Å². The number of carbonyl (C=O) groups is 2. The van der Waals surface area contributed by atoms with Crippen molar-refractivity contribution in [2.45, 2.75) is 38.1 Å². The van der Waals surface area contributed by atoms with Gasteiger partial charge < -0.3 is 9.64 Å². The van der Waals surface area contributed by atoms with Crippen LogP contribution in [0.4, 0.5) is 4.39 Å². The molecule has 0 radical (unpaired) electrons. The van der Waals surface area contributed by atoms with Gasteiger partial charge in [-0.3, -0.25) is 9.59 Å². The zero-order valence-corrected chi connectivity index (χ0v) is 18.5. The van der Waals surface area contributed by atoms with Gasteiger partial charge in [-0.05, 0) is 36.6 Å². The van der Waals surface area contributed by atoms with Gasteiger partial charge in [0.2, 0.25) is 5.91 Å². The summed E-state index contributed by atoms with van der Waals surface area (Å²) in [6.45, 7) is -0.0595. The van der Waals surface area contributed by atoms with Crippen LogP contribution in [0.5, 0.6) is 5.75 Å². The number of likely N-dealkylation sites (N-methyl/N-ethyl adjacent to an activating group) is 1. The molecule has 6 nitrogen and oxygen atoms in total. The van der Waals surface area contributed by atoms with Crippen LogP contribution in [0.2, 0.25) is 0 Å². The summed E-state index contributed by atoms with van der Waals surface area (Å²) in [7, 11) is 3.26. The fourth-order valence-corrected chi connectivity index (χ4v) is 4.52. The van der Waals surface area contributed by atoms with Crippen molar-refractivity contribution in [3.8, 4) is 5.75 Å². The molecule has 32 heavy (non-hydrogen) atoms. The molecule has 1 aliphatic carbocycles. The molecule has 0 N–H and O–H groups in total. The summed E-state index contributed by atoms with van der Waals surface area (Å²) in [5.74, 6) is 0.0610. The van der Waals surface area contributed by atoms with E-state index in [1.54, 1.807) is 32.4 Å². The number of hydrogen-bond acceptors (Lipinski definition) is 4. The van der Waals surface area contributed by atoms with Gasteiger partial charge >= 0.3 is 0 Å². The molecule has 0 aromatic heterocycles. The zero-order valence-electron chi connectivity index (χ0n) is 18.5. The molecule has 0 unspecified atom stereocenters. The highest BCUT2D eigenvalue weighted by atomic mass is 19.1. The molecule has 1 saturated carbocycles. The Morgan fingerprint density at radius 2 is 1.81 bits per heavy atom. The zero-order chi connectivity index (χ0) is 22.7. The fourth-order valence-electron chi connectivity index (χ4n) is 4.52. The number of ether oxygens (including phenoxy) is 1. The van der Waals surface area contributed by atoms with E-state index in [1.807, 2.05) is 24.3 Å². The van der Waals surface area contributed by atoms with E-state index in [9.17, 15) is 14.0 Å². The summed E-state index contributed by atoms with van der Waals surface area (Å²) < 4.78 is 19.7. The summed E-state index contributed by atoms with van der Waals surface area (Å²) >= 11 is 0. The Bertz CT molecular complexity index is 1020. The molecule has 1 aliphatic heterocycles. The number of benzene rings is 2. The number of methoxy groups -OCH3 is 1. The Balaban J connectivity index is 1.58. The molecule has 0 saturated heterocycles. The number of halogens is 1. The molecule has 2 amide bonds. The highest BCUT2D eigenvalue weighted by Gasteiger charge is 2.35. The second-order valence-electron chi connectivity index (χ2n) is 8.43. The van der Waals surface area contributed by atoms with Gasteiger partial charge in [0.1, 0.15) is 18.1 Å². The van der Waals surface area contributed by atoms with E-state index in [-0.39, 0.29) is 36.1 Å². The molecule has 1 heterocycles. The highest BCUT2D eigenvalue weighted by Crippen LogP contribution is 2.34. The first-order chi connectivity index (χ1) is 15.5. The van der Waals surface area contributed by atoms with Crippen LogP contribution >= 0.6 is 0 Å². The maximum absolute atomic E-state index is 14.4. The maximum atomic E-state index is 14.4. The Morgan fingerprint density at radius 3 is 2.47 bits per heavy atom. The molecule has 168 valence electrons. The first-order valence-corrected chi connectivity index (χ1v) is 11.0. The average molecular weight is 438 g/mol. The average Bonchev–Trinajstić information content (AvgIpc) is 3.49. The summed E-state index contributed by atoms with van der Waals surface area (Å²) in [6, 6.07) is 13.5. The van der Waals surface area contributed by atoms with E-state index in [0.29, 0.717) is 23.4 Å². The van der Waals surface area contributed by atoms with Crippen molar-refractivity contribution in [3.05, 3.63) is 65.5 Å². The van der Waals surface area contributed by atoms with Crippen molar-refractivity contribution in [2.24, 2.45) is 11.0 Å². The lowest BCUT2D eigenvalue weighted by atomic mass is 9.98. The smallest absolute Gasteiger partial charge is 0.262 e. The Kier molecular flexibility index (Phi) is 6.53. The van der Waals surface area contributed by atoms with Crippen LogP contribution in [-0.2, 0) is 9.59 Å². The largest absolute Gasteiger partial charge is 0.497 e. The lowest BCUT2D eigenvalue weighted by Crippen LogP contribution is -2.41. The van der Waals surface area contributed by atoms with Gasteiger partial charge in [0.15, 0.2) is 0 Å². The summed E-state index contributed by atoms with van der Waals surface area (Å²) in [5, 5.41) is 5.93. The van der Waals surface area contributed by atoms with Gasteiger partial charge in [0.25, 0.3) is 5.91 Å². The van der Waals surface area contributed by atoms with Crippen molar-refractivity contribution in [3.63, 3.8) is 0 Å². The minimum Gasteiger partial charge on any atom is -0.497 e. The number of carbonyl (C=O) groups excluding carboxylic acids is 2. The van der Waals surface area contributed by atoms with Gasteiger partial charge in [-0.25, -0.2) is 9.40 Å². The second-order valence-corrected chi connectivity index (χ2v) is 8.43. The number of nitrogens with zero attached hydrogens (tertiary/aromatic N) is 3. The van der Waals surface area contributed by atoms with Crippen LogP contribution < -0.4 is 4.74 Å².